The van der Waals surface area contributed by atoms with Crippen molar-refractivity contribution in [3.63, 3.8) is 0 Å². The van der Waals surface area contributed by atoms with E-state index in [1.165, 1.54) is 11.2 Å². The van der Waals surface area contributed by atoms with Gasteiger partial charge in [-0.3, -0.25) is 9.59 Å². The van der Waals surface area contributed by atoms with Crippen LogP contribution in [0.5, 0.6) is 0 Å². The number of benzene rings is 1. The highest BCUT2D eigenvalue weighted by Crippen LogP contribution is 2.18. The van der Waals surface area contributed by atoms with Crippen LogP contribution in [0.2, 0.25) is 0 Å². The van der Waals surface area contributed by atoms with Crippen LogP contribution in [0.1, 0.15) is 34.1 Å². The Balaban J connectivity index is 2.64. The van der Waals surface area contributed by atoms with E-state index < -0.39 is 15.6 Å². The Morgan fingerprint density at radius 2 is 1.50 bits per heavy atom. The highest BCUT2D eigenvalue weighted by molar-refractivity contribution is 7.88. The van der Waals surface area contributed by atoms with Gasteiger partial charge in [0, 0.05) is 36.8 Å². The fourth-order valence-electron chi connectivity index (χ4n) is 2.27. The van der Waals surface area contributed by atoms with E-state index in [4.69, 9.17) is 0 Å². The number of carbonyl (C=O) groups is 2. The maximum atomic E-state index is 12.0. The lowest BCUT2D eigenvalue weighted by atomic mass is 10.1. The van der Waals surface area contributed by atoms with E-state index in [1.54, 1.807) is 45.0 Å². The molecule has 0 saturated heterocycles. The summed E-state index contributed by atoms with van der Waals surface area (Å²) in [5.74, 6) is -0.449. The lowest BCUT2D eigenvalue weighted by Gasteiger charge is -2.33. The maximum absolute atomic E-state index is 12.0. The highest BCUT2D eigenvalue weighted by atomic mass is 32.2. The minimum Gasteiger partial charge on any atom is -0.326 e. The quantitative estimate of drug-likeness (QED) is 0.816. The monoisotopic (exact) mass is 355 g/mol. The maximum Gasteiger partial charge on any atom is 0.225 e. The minimum absolute atomic E-state index is 0.0534. The second kappa shape index (κ2) is 7.76. The summed E-state index contributed by atoms with van der Waals surface area (Å²) in [6.07, 6.45) is 1.19. The Bertz CT molecular complexity index is 691. The van der Waals surface area contributed by atoms with Crippen molar-refractivity contribution in [2.24, 2.45) is 0 Å². The predicted molar refractivity (Wildman–Crippen MR) is 95.3 cm³/mol. The molecule has 0 saturated carbocycles. The third-order valence-corrected chi connectivity index (χ3v) is 4.71. The lowest BCUT2D eigenvalue weighted by molar-refractivity contribution is -0.116. The molecule has 0 aliphatic rings. The summed E-state index contributed by atoms with van der Waals surface area (Å²) in [6, 6.07) is 6.69. The van der Waals surface area contributed by atoms with Crippen LogP contribution in [0, 0.1) is 0 Å². The van der Waals surface area contributed by atoms with Crippen LogP contribution in [0.15, 0.2) is 24.3 Å². The molecule has 134 valence electrons. The van der Waals surface area contributed by atoms with Gasteiger partial charge in [-0.2, -0.15) is 4.31 Å². The SMILES string of the molecule is CC(=O)Nc1ccc(NC(=O)CCN(C(C)(C)C)S(C)(=O)=O)cc1. The van der Waals surface area contributed by atoms with E-state index in [-0.39, 0.29) is 24.8 Å². The normalized spacial score (nSPS) is 12.1. The van der Waals surface area contributed by atoms with Gasteiger partial charge in [0.05, 0.1) is 6.26 Å². The molecule has 24 heavy (non-hydrogen) atoms. The molecule has 1 aromatic carbocycles. The third kappa shape index (κ3) is 6.67. The summed E-state index contributed by atoms with van der Waals surface area (Å²) >= 11 is 0. The van der Waals surface area contributed by atoms with Crippen molar-refractivity contribution in [1.82, 2.24) is 4.31 Å². The van der Waals surface area contributed by atoms with Crippen LogP contribution in [0.4, 0.5) is 11.4 Å². The van der Waals surface area contributed by atoms with Gasteiger partial charge in [0.25, 0.3) is 0 Å². The van der Waals surface area contributed by atoms with Gasteiger partial charge in [0.15, 0.2) is 0 Å². The van der Waals surface area contributed by atoms with Crippen LogP contribution >= 0.6 is 0 Å². The number of hydrogen-bond acceptors (Lipinski definition) is 4. The zero-order chi connectivity index (χ0) is 18.5. The summed E-state index contributed by atoms with van der Waals surface area (Å²) in [5.41, 5.74) is 0.626. The Morgan fingerprint density at radius 1 is 1.04 bits per heavy atom. The number of sulfonamides is 1. The first-order valence-corrected chi connectivity index (χ1v) is 9.40. The zero-order valence-electron chi connectivity index (χ0n) is 14.7. The Hall–Kier alpha value is -1.93. The standard InChI is InChI=1S/C16H25N3O4S/c1-12(20)17-13-6-8-14(9-7-13)18-15(21)10-11-19(16(2,3)4)24(5,22)23/h6-9H,10-11H2,1-5H3,(H,17,20)(H,18,21). The van der Waals surface area contributed by atoms with Crippen LogP contribution < -0.4 is 10.6 Å². The van der Waals surface area contributed by atoms with Crippen LogP contribution in [0.25, 0.3) is 0 Å². The third-order valence-electron chi connectivity index (χ3n) is 3.18. The molecule has 0 aliphatic carbocycles. The van der Waals surface area contributed by atoms with E-state index in [0.717, 1.165) is 6.26 Å². The van der Waals surface area contributed by atoms with Gasteiger partial charge >= 0.3 is 0 Å². The smallest absolute Gasteiger partial charge is 0.225 e. The minimum atomic E-state index is -3.40. The van der Waals surface area contributed by atoms with Gasteiger partial charge in [0.2, 0.25) is 21.8 Å². The second-order valence-corrected chi connectivity index (χ2v) is 8.47. The van der Waals surface area contributed by atoms with Gasteiger partial charge in [-0.05, 0) is 45.0 Å². The summed E-state index contributed by atoms with van der Waals surface area (Å²) in [5, 5.41) is 5.34. The fourth-order valence-corrected chi connectivity index (χ4v) is 3.68. The fraction of sp³-hybridized carbons (Fsp3) is 0.500. The number of carbonyl (C=O) groups excluding carboxylic acids is 2. The van der Waals surface area contributed by atoms with E-state index in [2.05, 4.69) is 10.6 Å². The molecule has 0 atom stereocenters. The molecular weight excluding hydrogens is 330 g/mol. The molecule has 7 nitrogen and oxygen atoms in total. The van der Waals surface area contributed by atoms with Crippen LogP contribution in [0.3, 0.4) is 0 Å². The molecule has 0 heterocycles. The summed E-state index contributed by atoms with van der Waals surface area (Å²) in [4.78, 5) is 23.0. The number of anilines is 2. The van der Waals surface area contributed by atoms with Crippen molar-refractivity contribution >= 4 is 33.2 Å². The Morgan fingerprint density at radius 3 is 1.88 bits per heavy atom. The van der Waals surface area contributed by atoms with Crippen molar-refractivity contribution in [3.05, 3.63) is 24.3 Å². The molecule has 0 aromatic heterocycles. The van der Waals surface area contributed by atoms with E-state index in [1.807, 2.05) is 0 Å². The molecule has 8 heteroatoms. The van der Waals surface area contributed by atoms with Gasteiger partial charge in [-0.15, -0.1) is 0 Å². The van der Waals surface area contributed by atoms with Crippen molar-refractivity contribution < 1.29 is 18.0 Å². The Labute approximate surface area is 143 Å². The van der Waals surface area contributed by atoms with Crippen molar-refractivity contribution in [2.75, 3.05) is 23.4 Å². The number of nitrogens with one attached hydrogen (secondary N) is 2. The summed E-state index contributed by atoms with van der Waals surface area (Å²) < 4.78 is 25.0. The topological polar surface area (TPSA) is 95.6 Å². The van der Waals surface area contributed by atoms with E-state index >= 15 is 0 Å². The molecule has 1 aromatic rings. The van der Waals surface area contributed by atoms with Gasteiger partial charge in [-0.1, -0.05) is 0 Å². The average Bonchev–Trinajstić information content (AvgIpc) is 2.37. The van der Waals surface area contributed by atoms with E-state index in [9.17, 15) is 18.0 Å². The zero-order valence-corrected chi connectivity index (χ0v) is 15.5. The largest absolute Gasteiger partial charge is 0.326 e. The van der Waals surface area contributed by atoms with Crippen molar-refractivity contribution in [3.8, 4) is 0 Å². The molecule has 0 fully saturated rings. The Kier molecular flexibility index (Phi) is 6.50. The molecule has 0 spiro atoms. The van der Waals surface area contributed by atoms with Crippen molar-refractivity contribution in [1.29, 1.82) is 0 Å². The predicted octanol–water partition coefficient (Wildman–Crippen LogP) is 2.03. The summed E-state index contributed by atoms with van der Waals surface area (Å²) in [7, 11) is -3.40. The first-order valence-electron chi connectivity index (χ1n) is 7.55. The first-order chi connectivity index (χ1) is 10.9. The van der Waals surface area contributed by atoms with Crippen LogP contribution in [-0.4, -0.2) is 42.9 Å². The summed E-state index contributed by atoms with van der Waals surface area (Å²) in [6.45, 7) is 6.88. The second-order valence-electron chi connectivity index (χ2n) is 6.56. The van der Waals surface area contributed by atoms with E-state index in [0.29, 0.717) is 11.4 Å². The molecular formula is C16H25N3O4S. The number of hydrogen-bond donors (Lipinski definition) is 2. The van der Waals surface area contributed by atoms with Gasteiger partial charge in [0.1, 0.15) is 0 Å². The molecule has 0 unspecified atom stereocenters. The highest BCUT2D eigenvalue weighted by Gasteiger charge is 2.29. The van der Waals surface area contributed by atoms with Gasteiger partial charge in [-0.25, -0.2) is 8.42 Å². The lowest BCUT2D eigenvalue weighted by Crippen LogP contribution is -2.46. The first kappa shape index (κ1) is 20.1. The molecule has 0 radical (unpaired) electrons. The number of nitrogens with zero attached hydrogens (tertiary/aromatic N) is 1. The number of rotatable bonds is 6. The van der Waals surface area contributed by atoms with Gasteiger partial charge < -0.3 is 10.6 Å². The molecule has 0 aliphatic heterocycles. The molecule has 2 N–H and O–H groups in total. The van der Waals surface area contributed by atoms with Crippen molar-refractivity contribution in [2.45, 2.75) is 39.7 Å². The number of amides is 2. The van der Waals surface area contributed by atoms with Crippen LogP contribution in [-0.2, 0) is 19.6 Å². The molecule has 0 bridgehead atoms. The molecule has 2 amide bonds. The molecule has 1 rings (SSSR count). The average molecular weight is 355 g/mol.